The van der Waals surface area contributed by atoms with Gasteiger partial charge in [0.25, 0.3) is 0 Å². The second kappa shape index (κ2) is 11.2. The van der Waals surface area contributed by atoms with E-state index in [0.717, 1.165) is 13.1 Å². The fraction of sp³-hybridized carbons (Fsp3) is 0.455. The van der Waals surface area contributed by atoms with Gasteiger partial charge in [0.1, 0.15) is 17.1 Å². The smallest absolute Gasteiger partial charge is 0.341 e. The summed E-state index contributed by atoms with van der Waals surface area (Å²) in [7, 11) is 3.09. The van der Waals surface area contributed by atoms with Crippen molar-refractivity contribution < 1.29 is 13.9 Å². The molecule has 1 aromatic heterocycles. The lowest BCUT2D eigenvalue weighted by molar-refractivity contribution is 0.0599. The number of methoxy groups -OCH3 is 1. The average Bonchev–Trinajstić information content (AvgIpc) is 3.40. The van der Waals surface area contributed by atoms with Gasteiger partial charge in [-0.1, -0.05) is 12.1 Å². The van der Waals surface area contributed by atoms with Crippen molar-refractivity contribution in [1.82, 2.24) is 10.6 Å². The number of carbonyl (C=O) groups is 1. The maximum absolute atomic E-state index is 11.7. The molecule has 2 heterocycles. The van der Waals surface area contributed by atoms with Crippen LogP contribution in [0.15, 0.2) is 39.7 Å². The van der Waals surface area contributed by atoms with E-state index in [1.807, 2.05) is 0 Å². The van der Waals surface area contributed by atoms with Gasteiger partial charge in [0.05, 0.1) is 19.7 Å². The van der Waals surface area contributed by atoms with E-state index in [-0.39, 0.29) is 30.0 Å². The first-order chi connectivity index (χ1) is 14.0. The number of hydrogen-bond acceptors (Lipinski definition) is 5. The van der Waals surface area contributed by atoms with Crippen LogP contribution in [0, 0.1) is 6.92 Å². The number of halogens is 1. The summed E-state index contributed by atoms with van der Waals surface area (Å²) in [6.07, 6.45) is 2.52. The molecule has 0 spiro atoms. The largest absolute Gasteiger partial charge is 0.465 e. The highest BCUT2D eigenvalue weighted by molar-refractivity contribution is 14.0. The summed E-state index contributed by atoms with van der Waals surface area (Å²) in [6.45, 7) is 6.54. The van der Waals surface area contributed by atoms with Crippen molar-refractivity contribution >= 4 is 41.6 Å². The Bertz CT molecular complexity index is 875. The molecular formula is C22H31IN4O3. The van der Waals surface area contributed by atoms with Crippen molar-refractivity contribution in [3.05, 3.63) is 53.0 Å². The van der Waals surface area contributed by atoms with Crippen molar-refractivity contribution in [1.29, 1.82) is 0 Å². The molecule has 0 amide bonds. The fourth-order valence-electron chi connectivity index (χ4n) is 3.56. The van der Waals surface area contributed by atoms with Crippen LogP contribution in [0.25, 0.3) is 0 Å². The van der Waals surface area contributed by atoms with E-state index < -0.39 is 5.97 Å². The van der Waals surface area contributed by atoms with E-state index in [2.05, 4.69) is 51.7 Å². The summed E-state index contributed by atoms with van der Waals surface area (Å²) in [5.41, 5.74) is 2.93. The monoisotopic (exact) mass is 526 g/mol. The summed E-state index contributed by atoms with van der Waals surface area (Å²) in [5.74, 6) is 1.46. The molecule has 8 heteroatoms. The SMILES string of the molecule is CN=C(NCc1cc(C(=O)OC)c(C)o1)NC(C)c1cccc(N2CCCC2)c1.I. The van der Waals surface area contributed by atoms with Crippen LogP contribution in [-0.2, 0) is 11.3 Å². The fourth-order valence-corrected chi connectivity index (χ4v) is 3.56. The van der Waals surface area contributed by atoms with Crippen LogP contribution in [0.1, 0.15) is 53.2 Å². The Morgan fingerprint density at radius 2 is 2.03 bits per heavy atom. The van der Waals surface area contributed by atoms with Crippen LogP contribution in [0.2, 0.25) is 0 Å². The van der Waals surface area contributed by atoms with E-state index in [9.17, 15) is 4.79 Å². The maximum Gasteiger partial charge on any atom is 0.341 e. The third kappa shape index (κ3) is 5.90. The van der Waals surface area contributed by atoms with Gasteiger partial charge in [-0.3, -0.25) is 4.99 Å². The zero-order valence-corrected chi connectivity index (χ0v) is 20.4. The molecule has 1 aliphatic rings. The van der Waals surface area contributed by atoms with Crippen molar-refractivity contribution in [3.8, 4) is 0 Å². The quantitative estimate of drug-likeness (QED) is 0.256. The van der Waals surface area contributed by atoms with Crippen molar-refractivity contribution in [2.75, 3.05) is 32.1 Å². The lowest BCUT2D eigenvalue weighted by atomic mass is 10.1. The lowest BCUT2D eigenvalue weighted by Crippen LogP contribution is -2.38. The Morgan fingerprint density at radius 3 is 2.70 bits per heavy atom. The molecule has 0 saturated carbocycles. The number of nitrogens with zero attached hydrogens (tertiary/aromatic N) is 2. The molecule has 0 radical (unpaired) electrons. The number of rotatable bonds is 6. The number of anilines is 1. The van der Waals surface area contributed by atoms with Gasteiger partial charge in [0.15, 0.2) is 5.96 Å². The maximum atomic E-state index is 11.7. The molecule has 1 saturated heterocycles. The number of furan rings is 1. The number of ether oxygens (including phenoxy) is 1. The van der Waals surface area contributed by atoms with Gasteiger partial charge < -0.3 is 24.7 Å². The predicted molar refractivity (Wildman–Crippen MR) is 130 cm³/mol. The number of aliphatic imine (C=N–C) groups is 1. The summed E-state index contributed by atoms with van der Waals surface area (Å²) in [4.78, 5) is 18.5. The van der Waals surface area contributed by atoms with Gasteiger partial charge in [-0.15, -0.1) is 24.0 Å². The third-order valence-electron chi connectivity index (χ3n) is 5.22. The summed E-state index contributed by atoms with van der Waals surface area (Å²) in [6, 6.07) is 10.4. The molecule has 1 aliphatic heterocycles. The Labute approximate surface area is 195 Å². The molecule has 164 valence electrons. The van der Waals surface area contributed by atoms with Gasteiger partial charge in [-0.2, -0.15) is 0 Å². The van der Waals surface area contributed by atoms with E-state index >= 15 is 0 Å². The Kier molecular flexibility index (Phi) is 9.01. The highest BCUT2D eigenvalue weighted by Gasteiger charge is 2.17. The van der Waals surface area contributed by atoms with E-state index in [1.165, 1.54) is 31.2 Å². The minimum absolute atomic E-state index is 0. The number of benzene rings is 1. The topological polar surface area (TPSA) is 79.1 Å². The van der Waals surface area contributed by atoms with Gasteiger partial charge in [-0.05, 0) is 50.5 Å². The Balaban J connectivity index is 0.00000320. The van der Waals surface area contributed by atoms with E-state index in [0.29, 0.717) is 29.6 Å². The summed E-state index contributed by atoms with van der Waals surface area (Å²) >= 11 is 0. The van der Waals surface area contributed by atoms with Gasteiger partial charge >= 0.3 is 5.97 Å². The first-order valence-corrected chi connectivity index (χ1v) is 10.0. The molecule has 0 bridgehead atoms. The zero-order chi connectivity index (χ0) is 20.8. The lowest BCUT2D eigenvalue weighted by Gasteiger charge is -2.22. The summed E-state index contributed by atoms with van der Waals surface area (Å²) < 4.78 is 10.4. The highest BCUT2D eigenvalue weighted by Crippen LogP contribution is 2.24. The van der Waals surface area contributed by atoms with E-state index in [4.69, 9.17) is 9.15 Å². The number of aryl methyl sites for hydroxylation is 1. The van der Waals surface area contributed by atoms with Crippen molar-refractivity contribution in [2.24, 2.45) is 4.99 Å². The van der Waals surface area contributed by atoms with Crippen molar-refractivity contribution in [2.45, 2.75) is 39.3 Å². The number of guanidine groups is 1. The normalized spacial score (nSPS) is 14.8. The Hall–Kier alpha value is -2.23. The number of carbonyl (C=O) groups excluding carboxylic acids is 1. The van der Waals surface area contributed by atoms with Crippen molar-refractivity contribution in [3.63, 3.8) is 0 Å². The molecular weight excluding hydrogens is 495 g/mol. The number of hydrogen-bond donors (Lipinski definition) is 2. The molecule has 30 heavy (non-hydrogen) atoms. The average molecular weight is 526 g/mol. The molecule has 0 aliphatic carbocycles. The van der Waals surface area contributed by atoms with Crippen LogP contribution in [0.5, 0.6) is 0 Å². The van der Waals surface area contributed by atoms with Gasteiger partial charge in [0, 0.05) is 25.8 Å². The minimum atomic E-state index is -0.397. The third-order valence-corrected chi connectivity index (χ3v) is 5.22. The zero-order valence-electron chi connectivity index (χ0n) is 18.0. The molecule has 2 N–H and O–H groups in total. The van der Waals surface area contributed by atoms with Gasteiger partial charge in [-0.25, -0.2) is 4.79 Å². The molecule has 1 atom stereocenters. The predicted octanol–water partition coefficient (Wildman–Crippen LogP) is 4.02. The van der Waals surface area contributed by atoms with Crippen LogP contribution in [0.3, 0.4) is 0 Å². The molecule has 1 aromatic carbocycles. The summed E-state index contributed by atoms with van der Waals surface area (Å²) in [5, 5.41) is 6.65. The standard InChI is InChI=1S/C22H30N4O3.HI/c1-15(17-8-7-9-18(12-17)26-10-5-6-11-26)25-22(23-3)24-14-19-13-20(16(2)29-19)21(27)28-4;/h7-9,12-13,15H,5-6,10-11,14H2,1-4H3,(H2,23,24,25);1H. The second-order valence-corrected chi connectivity index (χ2v) is 7.26. The molecule has 7 nitrogen and oxygen atoms in total. The highest BCUT2D eigenvalue weighted by atomic mass is 127. The Morgan fingerprint density at radius 1 is 1.30 bits per heavy atom. The van der Waals surface area contributed by atoms with Crippen LogP contribution >= 0.6 is 24.0 Å². The second-order valence-electron chi connectivity index (χ2n) is 7.26. The van der Waals surface area contributed by atoms with Gasteiger partial charge in [0.2, 0.25) is 0 Å². The van der Waals surface area contributed by atoms with Crippen LogP contribution < -0.4 is 15.5 Å². The van der Waals surface area contributed by atoms with Crippen LogP contribution in [0.4, 0.5) is 5.69 Å². The molecule has 1 unspecified atom stereocenters. The first-order valence-electron chi connectivity index (χ1n) is 10.0. The molecule has 3 rings (SSSR count). The number of esters is 1. The molecule has 1 fully saturated rings. The minimum Gasteiger partial charge on any atom is -0.465 e. The van der Waals surface area contributed by atoms with Crippen LogP contribution in [-0.4, -0.2) is 39.2 Å². The first kappa shape index (κ1) is 24.0. The van der Waals surface area contributed by atoms with E-state index in [1.54, 1.807) is 20.0 Å². The molecule has 2 aromatic rings. The number of nitrogens with one attached hydrogen (secondary N) is 2.